The molecule has 1 atom stereocenters. The molecule has 0 fully saturated rings. The van der Waals surface area contributed by atoms with Crippen molar-refractivity contribution in [2.75, 3.05) is 0 Å². The Balaban J connectivity index is 0.00000106. The average molecular weight is 443 g/mol. The van der Waals surface area contributed by atoms with Crippen molar-refractivity contribution in [3.63, 3.8) is 0 Å². The van der Waals surface area contributed by atoms with Crippen LogP contribution in [0.3, 0.4) is 0 Å². The van der Waals surface area contributed by atoms with E-state index < -0.39 is 6.10 Å². The summed E-state index contributed by atoms with van der Waals surface area (Å²) >= 11 is 7.64. The van der Waals surface area contributed by atoms with Gasteiger partial charge < -0.3 is 10.1 Å². The van der Waals surface area contributed by atoms with Crippen LogP contribution in [0, 0.1) is 0 Å². The smallest absolute Gasteiger partial charge is 0.0923 e. The predicted molar refractivity (Wildman–Crippen MR) is 131 cm³/mol. The zero-order valence-electron chi connectivity index (χ0n) is 18.3. The number of aromatic nitrogens is 2. The van der Waals surface area contributed by atoms with Gasteiger partial charge in [-0.2, -0.15) is 0 Å². The van der Waals surface area contributed by atoms with Gasteiger partial charge in [0.25, 0.3) is 0 Å². The van der Waals surface area contributed by atoms with Crippen molar-refractivity contribution in [2.45, 2.75) is 50.5 Å². The van der Waals surface area contributed by atoms with Gasteiger partial charge in [-0.05, 0) is 54.4 Å². The number of hydrogen-bond acceptors (Lipinski definition) is 3. The molecule has 0 aliphatic carbocycles. The lowest BCUT2D eigenvalue weighted by atomic mass is 10.1. The molecule has 0 aliphatic rings. The van der Waals surface area contributed by atoms with E-state index in [4.69, 9.17) is 11.6 Å². The van der Waals surface area contributed by atoms with Crippen LogP contribution in [0.15, 0.2) is 89.0 Å². The van der Waals surface area contributed by atoms with Gasteiger partial charge in [0.2, 0.25) is 0 Å². The summed E-state index contributed by atoms with van der Waals surface area (Å²) in [5.41, 5.74) is 2.85. The van der Waals surface area contributed by atoms with Crippen LogP contribution in [0.2, 0.25) is 5.02 Å². The predicted octanol–water partition coefficient (Wildman–Crippen LogP) is 8.11. The van der Waals surface area contributed by atoms with Crippen molar-refractivity contribution in [3.8, 4) is 11.3 Å². The third kappa shape index (κ3) is 8.23. The van der Waals surface area contributed by atoms with Gasteiger partial charge >= 0.3 is 0 Å². The molecule has 30 heavy (non-hydrogen) atoms. The highest BCUT2D eigenvalue weighted by Gasteiger charge is 2.07. The maximum absolute atomic E-state index is 9.73. The highest BCUT2D eigenvalue weighted by Crippen LogP contribution is 2.34. The minimum absolute atomic E-state index is 0.486. The molecule has 0 aliphatic heterocycles. The van der Waals surface area contributed by atoms with Crippen LogP contribution < -0.4 is 0 Å². The summed E-state index contributed by atoms with van der Waals surface area (Å²) in [7, 11) is 0. The van der Waals surface area contributed by atoms with E-state index in [9.17, 15) is 5.11 Å². The molecule has 1 unspecified atom stereocenters. The molecular weight excluding hydrogens is 412 g/mol. The largest absolute Gasteiger partial charge is 0.389 e. The summed E-state index contributed by atoms with van der Waals surface area (Å²) in [6.07, 6.45) is 2.91. The molecule has 0 amide bonds. The maximum atomic E-state index is 9.73. The van der Waals surface area contributed by atoms with Gasteiger partial charge in [-0.3, -0.25) is 0 Å². The van der Waals surface area contributed by atoms with Gasteiger partial charge in [0, 0.05) is 21.0 Å². The summed E-state index contributed by atoms with van der Waals surface area (Å²) < 4.78 is 0. The number of nitrogens with one attached hydrogen (secondary N) is 1. The average Bonchev–Trinajstić information content (AvgIpc) is 2.90. The van der Waals surface area contributed by atoms with E-state index in [0.717, 1.165) is 31.6 Å². The van der Waals surface area contributed by atoms with Gasteiger partial charge in [-0.15, -0.1) is 0 Å². The van der Waals surface area contributed by atoms with Crippen molar-refractivity contribution >= 4 is 23.4 Å². The van der Waals surface area contributed by atoms with Gasteiger partial charge in [-0.1, -0.05) is 81.4 Å². The number of rotatable bonds is 4. The second-order valence-electron chi connectivity index (χ2n) is 5.72. The lowest BCUT2D eigenvalue weighted by molar-refractivity contribution is 0.199. The molecule has 2 N–H and O–H groups in total. The van der Waals surface area contributed by atoms with E-state index in [1.54, 1.807) is 31.2 Å². The zero-order chi connectivity index (χ0) is 22.4. The fraction of sp³-hybridized carbons (Fsp3) is 0.240. The minimum atomic E-state index is -0.486. The second kappa shape index (κ2) is 14.7. The molecule has 2 aromatic carbocycles. The third-order valence-corrected chi connectivity index (χ3v) is 5.10. The third-order valence-electron chi connectivity index (χ3n) is 3.78. The second-order valence-corrected chi connectivity index (χ2v) is 7.27. The molecule has 0 radical (unpaired) electrons. The van der Waals surface area contributed by atoms with E-state index in [-0.39, 0.29) is 0 Å². The molecule has 3 nitrogen and oxygen atoms in total. The Bertz CT molecular complexity index is 905. The highest BCUT2D eigenvalue weighted by molar-refractivity contribution is 7.99. The molecule has 1 aromatic heterocycles. The Hall–Kier alpha value is -2.27. The number of nitrogens with zero attached hydrogens (tertiary/aromatic N) is 1. The van der Waals surface area contributed by atoms with Crippen LogP contribution in [-0.2, 0) is 0 Å². The van der Waals surface area contributed by atoms with E-state index in [2.05, 4.69) is 16.0 Å². The molecular formula is C25H31ClN2OS. The number of hydrogen-bond donors (Lipinski definition) is 2. The first-order valence-electron chi connectivity index (χ1n) is 10.2. The Morgan fingerprint density at radius 1 is 0.900 bits per heavy atom. The topological polar surface area (TPSA) is 48.9 Å². The first-order valence-corrected chi connectivity index (χ1v) is 11.4. The van der Waals surface area contributed by atoms with Crippen LogP contribution in [0.5, 0.6) is 0 Å². The van der Waals surface area contributed by atoms with Gasteiger partial charge in [0.1, 0.15) is 0 Å². The summed E-state index contributed by atoms with van der Waals surface area (Å²) in [4.78, 5) is 9.62. The van der Waals surface area contributed by atoms with Crippen molar-refractivity contribution in [1.82, 2.24) is 9.97 Å². The lowest BCUT2D eigenvalue weighted by Gasteiger charge is -2.10. The molecule has 0 saturated carbocycles. The number of aromatic amines is 1. The Morgan fingerprint density at radius 3 is 2.13 bits per heavy atom. The highest BCUT2D eigenvalue weighted by atomic mass is 35.5. The molecule has 5 heteroatoms. The summed E-state index contributed by atoms with van der Waals surface area (Å²) in [5.74, 6) is 0. The number of benzene rings is 2. The van der Waals surface area contributed by atoms with E-state index in [0.29, 0.717) is 0 Å². The van der Waals surface area contributed by atoms with Gasteiger partial charge in [0.05, 0.1) is 18.1 Å². The van der Waals surface area contributed by atoms with Gasteiger partial charge in [0.15, 0.2) is 0 Å². The number of H-pyrrole nitrogens is 1. The molecule has 0 spiro atoms. The minimum Gasteiger partial charge on any atom is -0.389 e. The summed E-state index contributed by atoms with van der Waals surface area (Å²) in [6, 6.07) is 21.5. The Morgan fingerprint density at radius 2 is 1.53 bits per heavy atom. The number of aliphatic hydroxyl groups excluding tert-OH is 1. The van der Waals surface area contributed by atoms with Crippen LogP contribution >= 0.6 is 23.4 Å². The maximum Gasteiger partial charge on any atom is 0.0923 e. The quantitative estimate of drug-likeness (QED) is 0.428. The fourth-order valence-corrected chi connectivity index (χ4v) is 3.49. The molecule has 0 bridgehead atoms. The fourth-order valence-electron chi connectivity index (χ4n) is 2.41. The first kappa shape index (κ1) is 25.8. The molecule has 3 rings (SSSR count). The molecule has 3 aromatic rings. The van der Waals surface area contributed by atoms with Crippen LogP contribution in [0.1, 0.15) is 46.3 Å². The first-order chi connectivity index (χ1) is 14.6. The Labute approximate surface area is 189 Å². The molecule has 1 heterocycles. The summed E-state index contributed by atoms with van der Waals surface area (Å²) in [6.45, 7) is 9.76. The van der Waals surface area contributed by atoms with E-state index in [1.165, 1.54) is 0 Å². The van der Waals surface area contributed by atoms with Gasteiger partial charge in [-0.25, -0.2) is 4.98 Å². The van der Waals surface area contributed by atoms with E-state index in [1.807, 2.05) is 88.4 Å². The van der Waals surface area contributed by atoms with E-state index >= 15 is 0 Å². The normalized spacial score (nSPS) is 10.5. The summed E-state index contributed by atoms with van der Waals surface area (Å²) in [5, 5.41) is 10.4. The number of halogens is 1. The van der Waals surface area contributed by atoms with Crippen LogP contribution in [0.4, 0.5) is 0 Å². The van der Waals surface area contributed by atoms with Crippen LogP contribution in [-0.4, -0.2) is 15.1 Å². The van der Waals surface area contributed by atoms with Crippen molar-refractivity contribution in [2.24, 2.45) is 0 Å². The van der Waals surface area contributed by atoms with Crippen LogP contribution in [0.25, 0.3) is 11.3 Å². The number of aliphatic hydroxyl groups is 1. The molecule has 160 valence electrons. The Kier molecular flexibility index (Phi) is 12.6. The molecule has 0 saturated heterocycles. The van der Waals surface area contributed by atoms with Crippen molar-refractivity contribution in [1.29, 1.82) is 0 Å². The lowest BCUT2D eigenvalue weighted by Crippen LogP contribution is -1.91. The monoisotopic (exact) mass is 442 g/mol. The zero-order valence-corrected chi connectivity index (χ0v) is 19.8. The SMILES string of the molecule is CC.CC.CC(O)c1ccc(-c2[nH]cnccccc2Sc2ccc(Cl)cc2)cc1. The van der Waals surface area contributed by atoms with Crippen molar-refractivity contribution < 1.29 is 5.11 Å². The van der Waals surface area contributed by atoms with Crippen molar-refractivity contribution in [3.05, 3.63) is 89.8 Å². The standard InChI is InChI=1S/C21H19ClN2OS.2C2H6/c1-15(25)16-5-7-17(8-6-16)21-20(4-2-3-13-23-14-24-21)26-19-11-9-18(22)10-12-19;2*1-2/h2-15,25H,1H3,(H,23,24);2*1-2H3.